The Bertz CT molecular complexity index is 840. The van der Waals surface area contributed by atoms with Crippen molar-refractivity contribution < 1.29 is 4.79 Å². The fourth-order valence-electron chi connectivity index (χ4n) is 2.52. The highest BCUT2D eigenvalue weighted by atomic mass is 16.1. The molecule has 0 aromatic carbocycles. The molecule has 0 atom stereocenters. The number of aryl methyl sites for hydroxylation is 2. The van der Waals surface area contributed by atoms with E-state index in [4.69, 9.17) is 0 Å². The summed E-state index contributed by atoms with van der Waals surface area (Å²) in [6.45, 7) is 5.02. The summed E-state index contributed by atoms with van der Waals surface area (Å²) in [6.07, 6.45) is 5.40. The molecule has 3 heterocycles. The van der Waals surface area contributed by atoms with Crippen LogP contribution in [0.2, 0.25) is 0 Å². The highest BCUT2D eigenvalue weighted by molar-refractivity contribution is 5.94. The van der Waals surface area contributed by atoms with Gasteiger partial charge in [-0.25, -0.2) is 4.98 Å². The summed E-state index contributed by atoms with van der Waals surface area (Å²) in [5.74, 6) is -0.116. The summed E-state index contributed by atoms with van der Waals surface area (Å²) in [7, 11) is 0. The number of hydrogen-bond acceptors (Lipinski definition) is 4. The Labute approximate surface area is 134 Å². The maximum Gasteiger partial charge on any atom is 0.270 e. The van der Waals surface area contributed by atoms with E-state index < -0.39 is 0 Å². The number of anilines is 1. The molecule has 6 nitrogen and oxygen atoms in total. The fourth-order valence-corrected chi connectivity index (χ4v) is 2.52. The van der Waals surface area contributed by atoms with Gasteiger partial charge in [0.15, 0.2) is 0 Å². The second kappa shape index (κ2) is 6.48. The molecule has 1 amide bonds. The number of imidazole rings is 1. The molecule has 0 radical (unpaired) electrons. The van der Waals surface area contributed by atoms with Gasteiger partial charge >= 0.3 is 0 Å². The summed E-state index contributed by atoms with van der Waals surface area (Å²) in [5.41, 5.74) is 4.20. The molecule has 0 aliphatic heterocycles. The Hall–Kier alpha value is -2.89. The van der Waals surface area contributed by atoms with Crippen molar-refractivity contribution in [3.63, 3.8) is 0 Å². The van der Waals surface area contributed by atoms with Gasteiger partial charge in [-0.15, -0.1) is 0 Å². The standard InChI is InChI=1S/C17H19N5O/c1-12-11-18-7-6-14(12)19-8-9-20-17(23)16-13(2)21-15-5-3-4-10-22(15)16/h3-7,10-11H,8-9H2,1-2H3,(H,18,19)(H,20,23). The van der Waals surface area contributed by atoms with Crippen LogP contribution >= 0.6 is 0 Å². The Balaban J connectivity index is 1.61. The van der Waals surface area contributed by atoms with Gasteiger partial charge in [0.25, 0.3) is 5.91 Å². The second-order valence-corrected chi connectivity index (χ2v) is 5.35. The van der Waals surface area contributed by atoms with E-state index in [-0.39, 0.29) is 5.91 Å². The molecule has 118 valence electrons. The first kappa shape index (κ1) is 15.0. The molecule has 0 spiro atoms. The van der Waals surface area contributed by atoms with Crippen LogP contribution in [0.5, 0.6) is 0 Å². The lowest BCUT2D eigenvalue weighted by atomic mass is 10.2. The second-order valence-electron chi connectivity index (χ2n) is 5.35. The zero-order valence-electron chi connectivity index (χ0n) is 13.2. The molecule has 0 saturated carbocycles. The number of amides is 1. The summed E-state index contributed by atoms with van der Waals surface area (Å²) in [6, 6.07) is 7.60. The minimum absolute atomic E-state index is 0.116. The molecular formula is C17H19N5O. The molecule has 0 aliphatic carbocycles. The van der Waals surface area contributed by atoms with Crippen LogP contribution in [0.15, 0.2) is 42.9 Å². The Morgan fingerprint density at radius 1 is 1.22 bits per heavy atom. The van der Waals surface area contributed by atoms with E-state index in [0.717, 1.165) is 22.6 Å². The number of nitrogens with zero attached hydrogens (tertiary/aromatic N) is 3. The average Bonchev–Trinajstić information content (AvgIpc) is 2.88. The molecule has 0 bridgehead atoms. The Morgan fingerprint density at radius 2 is 2.09 bits per heavy atom. The van der Waals surface area contributed by atoms with Crippen molar-refractivity contribution in [3.05, 3.63) is 59.8 Å². The summed E-state index contributed by atoms with van der Waals surface area (Å²) < 4.78 is 1.81. The van der Waals surface area contributed by atoms with Crippen molar-refractivity contribution >= 4 is 17.2 Å². The molecule has 2 N–H and O–H groups in total. The largest absolute Gasteiger partial charge is 0.383 e. The van der Waals surface area contributed by atoms with E-state index in [9.17, 15) is 4.79 Å². The molecular weight excluding hydrogens is 290 g/mol. The van der Waals surface area contributed by atoms with E-state index in [1.54, 1.807) is 6.20 Å². The van der Waals surface area contributed by atoms with Gasteiger partial charge in [0.05, 0.1) is 5.69 Å². The van der Waals surface area contributed by atoms with Crippen LogP contribution in [-0.4, -0.2) is 33.4 Å². The highest BCUT2D eigenvalue weighted by Gasteiger charge is 2.15. The van der Waals surface area contributed by atoms with Crippen molar-refractivity contribution in [1.82, 2.24) is 19.7 Å². The van der Waals surface area contributed by atoms with Gasteiger partial charge in [-0.2, -0.15) is 0 Å². The number of carbonyl (C=O) groups is 1. The molecule has 6 heteroatoms. The third kappa shape index (κ3) is 3.15. The number of fused-ring (bicyclic) bond motifs is 1. The van der Waals surface area contributed by atoms with E-state index in [1.165, 1.54) is 0 Å². The zero-order valence-corrected chi connectivity index (χ0v) is 13.2. The van der Waals surface area contributed by atoms with Crippen molar-refractivity contribution in [2.24, 2.45) is 0 Å². The number of pyridine rings is 2. The van der Waals surface area contributed by atoms with E-state index in [0.29, 0.717) is 18.8 Å². The number of carbonyl (C=O) groups excluding carboxylic acids is 1. The van der Waals surface area contributed by atoms with E-state index in [2.05, 4.69) is 20.6 Å². The quantitative estimate of drug-likeness (QED) is 0.709. The zero-order chi connectivity index (χ0) is 16.2. The lowest BCUT2D eigenvalue weighted by Crippen LogP contribution is -2.30. The summed E-state index contributed by atoms with van der Waals surface area (Å²) in [4.78, 5) is 20.9. The minimum atomic E-state index is -0.116. The normalized spacial score (nSPS) is 10.7. The summed E-state index contributed by atoms with van der Waals surface area (Å²) >= 11 is 0. The lowest BCUT2D eigenvalue weighted by molar-refractivity contribution is 0.0948. The predicted molar refractivity (Wildman–Crippen MR) is 89.7 cm³/mol. The predicted octanol–water partition coefficient (Wildman–Crippen LogP) is 2.19. The van der Waals surface area contributed by atoms with Crippen molar-refractivity contribution in [1.29, 1.82) is 0 Å². The average molecular weight is 309 g/mol. The number of nitrogens with one attached hydrogen (secondary N) is 2. The lowest BCUT2D eigenvalue weighted by Gasteiger charge is -2.10. The third-order valence-corrected chi connectivity index (χ3v) is 3.67. The summed E-state index contributed by atoms with van der Waals surface area (Å²) in [5, 5.41) is 6.22. The van der Waals surface area contributed by atoms with E-state index >= 15 is 0 Å². The van der Waals surface area contributed by atoms with Gasteiger partial charge in [0.1, 0.15) is 11.3 Å². The first-order valence-electron chi connectivity index (χ1n) is 7.53. The first-order chi connectivity index (χ1) is 11.2. The molecule has 0 saturated heterocycles. The molecule has 3 aromatic heterocycles. The van der Waals surface area contributed by atoms with Crippen molar-refractivity contribution in [2.75, 3.05) is 18.4 Å². The Morgan fingerprint density at radius 3 is 2.91 bits per heavy atom. The topological polar surface area (TPSA) is 71.3 Å². The SMILES string of the molecule is Cc1cnccc1NCCNC(=O)c1c(C)nc2ccccn12. The molecule has 23 heavy (non-hydrogen) atoms. The molecule has 3 aromatic rings. The van der Waals surface area contributed by atoms with Crippen LogP contribution in [0.3, 0.4) is 0 Å². The van der Waals surface area contributed by atoms with Gasteiger partial charge in [0, 0.05) is 37.4 Å². The maximum absolute atomic E-state index is 12.4. The third-order valence-electron chi connectivity index (χ3n) is 3.67. The van der Waals surface area contributed by atoms with Crippen LogP contribution in [0.1, 0.15) is 21.7 Å². The van der Waals surface area contributed by atoms with Crippen LogP contribution in [0, 0.1) is 13.8 Å². The smallest absolute Gasteiger partial charge is 0.270 e. The van der Waals surface area contributed by atoms with Crippen molar-refractivity contribution in [3.8, 4) is 0 Å². The fraction of sp³-hybridized carbons (Fsp3) is 0.235. The van der Waals surface area contributed by atoms with Gasteiger partial charge in [-0.1, -0.05) is 6.07 Å². The molecule has 0 fully saturated rings. The van der Waals surface area contributed by atoms with Crippen molar-refractivity contribution in [2.45, 2.75) is 13.8 Å². The Kier molecular flexibility index (Phi) is 4.23. The van der Waals surface area contributed by atoms with Crippen LogP contribution in [-0.2, 0) is 0 Å². The number of hydrogen-bond donors (Lipinski definition) is 2. The molecule has 0 aliphatic rings. The monoisotopic (exact) mass is 309 g/mol. The number of rotatable bonds is 5. The first-order valence-corrected chi connectivity index (χ1v) is 7.53. The molecule has 0 unspecified atom stereocenters. The minimum Gasteiger partial charge on any atom is -0.383 e. The highest BCUT2D eigenvalue weighted by Crippen LogP contribution is 2.12. The molecule has 3 rings (SSSR count). The van der Waals surface area contributed by atoms with Gasteiger partial charge in [-0.05, 0) is 37.6 Å². The maximum atomic E-state index is 12.4. The van der Waals surface area contributed by atoms with Gasteiger partial charge in [-0.3, -0.25) is 14.2 Å². The van der Waals surface area contributed by atoms with Crippen LogP contribution < -0.4 is 10.6 Å². The van der Waals surface area contributed by atoms with Gasteiger partial charge < -0.3 is 10.6 Å². The van der Waals surface area contributed by atoms with Crippen LogP contribution in [0.4, 0.5) is 5.69 Å². The number of aromatic nitrogens is 3. The van der Waals surface area contributed by atoms with Crippen LogP contribution in [0.25, 0.3) is 5.65 Å². The van der Waals surface area contributed by atoms with Gasteiger partial charge in [0.2, 0.25) is 0 Å². The van der Waals surface area contributed by atoms with E-state index in [1.807, 2.05) is 54.9 Å².